The third-order valence-electron chi connectivity index (χ3n) is 6.30. The number of primary sulfonamides is 1. The number of fused-ring (bicyclic) bond motifs is 3. The fourth-order valence-electron chi connectivity index (χ4n) is 4.48. The smallest absolute Gasteiger partial charge is 0.275 e. The summed E-state index contributed by atoms with van der Waals surface area (Å²) in [6, 6.07) is 16.4. The molecule has 0 bridgehead atoms. The average Bonchev–Trinajstić information content (AvgIpc) is 3.25. The zero-order chi connectivity index (χ0) is 28.6. The highest BCUT2D eigenvalue weighted by atomic mass is 35.5. The van der Waals surface area contributed by atoms with Crippen molar-refractivity contribution >= 4 is 39.1 Å². The molecule has 5 rings (SSSR count). The lowest BCUT2D eigenvalue weighted by atomic mass is 10.0. The van der Waals surface area contributed by atoms with E-state index >= 15 is 0 Å². The summed E-state index contributed by atoms with van der Waals surface area (Å²) in [5.41, 5.74) is 2.20. The van der Waals surface area contributed by atoms with Crippen LogP contribution in [0, 0.1) is 5.82 Å². The number of sulfonamides is 1. The summed E-state index contributed by atoms with van der Waals surface area (Å²) in [5.74, 6) is -1.23. The van der Waals surface area contributed by atoms with Crippen LogP contribution < -0.4 is 15.2 Å². The van der Waals surface area contributed by atoms with E-state index in [1.807, 2.05) is 0 Å². The summed E-state index contributed by atoms with van der Waals surface area (Å²) in [4.78, 5) is 27.9. The third kappa shape index (κ3) is 5.55. The maximum absolute atomic E-state index is 14.6. The lowest BCUT2D eigenvalue weighted by Gasteiger charge is -2.23. The van der Waals surface area contributed by atoms with Crippen molar-refractivity contribution < 1.29 is 27.1 Å². The number of rotatable bonds is 7. The van der Waals surface area contributed by atoms with Crippen LogP contribution in [0.2, 0.25) is 5.02 Å². The first-order valence-corrected chi connectivity index (χ1v) is 13.9. The summed E-state index contributed by atoms with van der Waals surface area (Å²) in [6.45, 7) is -0.662. The number of amides is 2. The summed E-state index contributed by atoms with van der Waals surface area (Å²) in [5, 5.41) is 12.7. The Morgan fingerprint density at radius 2 is 1.93 bits per heavy atom. The number of ether oxygens (including phenoxy) is 1. The van der Waals surface area contributed by atoms with Crippen molar-refractivity contribution in [2.45, 2.75) is 18.0 Å². The van der Waals surface area contributed by atoms with Crippen LogP contribution in [0.25, 0.3) is 11.3 Å². The maximum Gasteiger partial charge on any atom is 0.275 e. The number of hydrogen-bond donors (Lipinski definition) is 2. The van der Waals surface area contributed by atoms with Crippen LogP contribution >= 0.6 is 11.6 Å². The van der Waals surface area contributed by atoms with Gasteiger partial charge in [-0.25, -0.2) is 17.9 Å². The molecular weight excluding hydrogens is 561 g/mol. The molecule has 0 atom stereocenters. The molecule has 4 aromatic rings. The molecule has 3 aromatic carbocycles. The number of benzene rings is 3. The first-order chi connectivity index (χ1) is 19.0. The molecule has 0 aliphatic carbocycles. The van der Waals surface area contributed by atoms with Crippen molar-refractivity contribution in [3.05, 3.63) is 94.4 Å². The van der Waals surface area contributed by atoms with Crippen molar-refractivity contribution in [2.24, 2.45) is 12.2 Å². The molecule has 3 N–H and O–H groups in total. The molecule has 2 amide bonds. The molecule has 1 aliphatic rings. The predicted molar refractivity (Wildman–Crippen MR) is 146 cm³/mol. The zero-order valence-corrected chi connectivity index (χ0v) is 22.7. The van der Waals surface area contributed by atoms with Crippen LogP contribution in [0.3, 0.4) is 0 Å². The first-order valence-electron chi connectivity index (χ1n) is 12.0. The van der Waals surface area contributed by atoms with Gasteiger partial charge in [0, 0.05) is 41.0 Å². The van der Waals surface area contributed by atoms with E-state index in [0.29, 0.717) is 27.6 Å². The molecule has 206 valence electrons. The molecule has 10 nitrogen and oxygen atoms in total. The summed E-state index contributed by atoms with van der Waals surface area (Å²) >= 11 is 6.20. The van der Waals surface area contributed by atoms with Crippen LogP contribution in [-0.4, -0.2) is 41.5 Å². The first kappa shape index (κ1) is 27.3. The van der Waals surface area contributed by atoms with E-state index < -0.39 is 34.2 Å². The topological polar surface area (TPSA) is 137 Å². The number of anilines is 1. The Labute approximate surface area is 234 Å². The third-order valence-corrected chi connectivity index (χ3v) is 7.45. The molecule has 0 saturated carbocycles. The number of carbonyl (C=O) groups is 2. The number of nitrogens with zero attached hydrogens (tertiary/aromatic N) is 3. The maximum atomic E-state index is 14.6. The van der Waals surface area contributed by atoms with Gasteiger partial charge in [-0.15, -0.1) is 0 Å². The number of nitrogens with two attached hydrogens (primary N) is 1. The van der Waals surface area contributed by atoms with Crippen LogP contribution in [-0.2, 0) is 35.0 Å². The van der Waals surface area contributed by atoms with E-state index in [1.165, 1.54) is 42.5 Å². The van der Waals surface area contributed by atoms with Crippen molar-refractivity contribution in [2.75, 3.05) is 11.9 Å². The van der Waals surface area contributed by atoms with Crippen LogP contribution in [0.5, 0.6) is 5.75 Å². The minimum atomic E-state index is -4.00. The molecule has 0 fully saturated rings. The van der Waals surface area contributed by atoms with E-state index in [0.717, 1.165) is 4.90 Å². The van der Waals surface area contributed by atoms with Gasteiger partial charge >= 0.3 is 0 Å². The van der Waals surface area contributed by atoms with Crippen molar-refractivity contribution in [3.8, 4) is 17.0 Å². The number of carbonyl (C=O) groups excluding carboxylic acids is 2. The monoisotopic (exact) mass is 583 g/mol. The van der Waals surface area contributed by atoms with Gasteiger partial charge in [-0.3, -0.25) is 14.3 Å². The summed E-state index contributed by atoms with van der Waals surface area (Å²) < 4.78 is 45.4. The Kier molecular flexibility index (Phi) is 7.32. The molecule has 0 saturated heterocycles. The second-order valence-electron chi connectivity index (χ2n) is 9.10. The van der Waals surface area contributed by atoms with Crippen molar-refractivity contribution in [1.82, 2.24) is 14.7 Å². The fourth-order valence-corrected chi connectivity index (χ4v) is 5.21. The quantitative estimate of drug-likeness (QED) is 0.340. The summed E-state index contributed by atoms with van der Waals surface area (Å²) in [6.07, 6.45) is 0. The number of halogens is 2. The van der Waals surface area contributed by atoms with Gasteiger partial charge in [0.15, 0.2) is 5.69 Å². The highest BCUT2D eigenvalue weighted by Crippen LogP contribution is 2.40. The van der Waals surface area contributed by atoms with Gasteiger partial charge < -0.3 is 15.0 Å². The Morgan fingerprint density at radius 1 is 1.15 bits per heavy atom. The number of hydrogen-bond acceptors (Lipinski definition) is 6. The molecule has 2 heterocycles. The standard InChI is InChI=1S/C27H23ClFN5O5S/c1-33-26-20-11-17(28)9-10-23(20)39-15-21(26)25(32-33)27(36)34(13-16-5-2-3-8-22(16)29)14-24(35)31-18-6-4-7-19(12-18)40(30,37)38/h2-12H,13-15H2,1H3,(H,31,35)(H2,30,37,38). The lowest BCUT2D eigenvalue weighted by molar-refractivity contribution is -0.117. The number of aromatic nitrogens is 2. The van der Waals surface area contributed by atoms with Crippen LogP contribution in [0.1, 0.15) is 21.6 Å². The summed E-state index contributed by atoms with van der Waals surface area (Å²) in [7, 11) is -2.32. The minimum Gasteiger partial charge on any atom is -0.488 e. The van der Waals surface area contributed by atoms with Crippen LogP contribution in [0.4, 0.5) is 10.1 Å². The SMILES string of the molecule is Cn1nc(C(=O)N(CC(=O)Nc2cccc(S(N)(=O)=O)c2)Cc2ccccc2F)c2c1-c1cc(Cl)ccc1OC2. The van der Waals surface area contributed by atoms with Gasteiger partial charge in [0.25, 0.3) is 5.91 Å². The van der Waals surface area contributed by atoms with Gasteiger partial charge in [0.2, 0.25) is 15.9 Å². The van der Waals surface area contributed by atoms with E-state index in [9.17, 15) is 22.4 Å². The number of aryl methyl sites for hydroxylation is 1. The molecule has 13 heteroatoms. The molecule has 0 radical (unpaired) electrons. The zero-order valence-electron chi connectivity index (χ0n) is 21.1. The normalized spacial score (nSPS) is 12.2. The van der Waals surface area contributed by atoms with Gasteiger partial charge in [-0.1, -0.05) is 35.9 Å². The van der Waals surface area contributed by atoms with E-state index in [4.69, 9.17) is 21.5 Å². The molecular formula is C27H23ClFN5O5S. The molecule has 40 heavy (non-hydrogen) atoms. The lowest BCUT2D eigenvalue weighted by Crippen LogP contribution is -2.38. The number of nitrogens with one attached hydrogen (secondary N) is 1. The van der Waals surface area contributed by atoms with Crippen LogP contribution in [0.15, 0.2) is 71.6 Å². The Bertz CT molecular complexity index is 1760. The highest BCUT2D eigenvalue weighted by molar-refractivity contribution is 7.89. The fraction of sp³-hybridized carbons (Fsp3) is 0.148. The van der Waals surface area contributed by atoms with Crippen molar-refractivity contribution in [3.63, 3.8) is 0 Å². The van der Waals surface area contributed by atoms with Gasteiger partial charge in [-0.05, 0) is 42.5 Å². The predicted octanol–water partition coefficient (Wildman–Crippen LogP) is 3.70. The minimum absolute atomic E-state index is 0.0449. The molecule has 0 unspecified atom stereocenters. The van der Waals surface area contributed by atoms with Gasteiger partial charge in [-0.2, -0.15) is 5.10 Å². The Balaban J connectivity index is 1.47. The van der Waals surface area contributed by atoms with Crippen molar-refractivity contribution in [1.29, 1.82) is 0 Å². The van der Waals surface area contributed by atoms with E-state index in [1.54, 1.807) is 36.0 Å². The Morgan fingerprint density at radius 3 is 2.67 bits per heavy atom. The second-order valence-corrected chi connectivity index (χ2v) is 11.1. The van der Waals surface area contributed by atoms with Gasteiger partial charge in [0.1, 0.15) is 24.7 Å². The largest absolute Gasteiger partial charge is 0.488 e. The molecule has 1 aliphatic heterocycles. The molecule has 0 spiro atoms. The van der Waals surface area contributed by atoms with Gasteiger partial charge in [0.05, 0.1) is 10.6 Å². The van der Waals surface area contributed by atoms with E-state index in [-0.39, 0.29) is 35.0 Å². The average molecular weight is 584 g/mol. The molecule has 1 aromatic heterocycles. The van der Waals surface area contributed by atoms with E-state index in [2.05, 4.69) is 10.4 Å². The second kappa shape index (κ2) is 10.7. The highest BCUT2D eigenvalue weighted by Gasteiger charge is 2.32. The Hall–Kier alpha value is -4.26.